The monoisotopic (exact) mass is 267 g/mol. The third kappa shape index (κ3) is 2.83. The molecule has 0 aliphatic heterocycles. The highest BCUT2D eigenvalue weighted by molar-refractivity contribution is 5.64. The van der Waals surface area contributed by atoms with E-state index in [1.165, 1.54) is 6.07 Å². The van der Waals surface area contributed by atoms with E-state index in [9.17, 15) is 13.2 Å². The van der Waals surface area contributed by atoms with Crippen molar-refractivity contribution >= 4 is 5.95 Å². The van der Waals surface area contributed by atoms with Crippen molar-refractivity contribution in [3.05, 3.63) is 41.6 Å². The van der Waals surface area contributed by atoms with Gasteiger partial charge in [-0.25, -0.2) is 9.97 Å². The minimum atomic E-state index is -4.33. The van der Waals surface area contributed by atoms with E-state index < -0.39 is 11.7 Å². The first-order valence-corrected chi connectivity index (χ1v) is 5.61. The molecule has 0 amide bonds. The second kappa shape index (κ2) is 4.87. The molecule has 1 N–H and O–H groups in total. The minimum Gasteiger partial charge on any atom is -0.357 e. The molecule has 0 atom stereocenters. The summed E-state index contributed by atoms with van der Waals surface area (Å²) >= 11 is 0. The molecule has 3 nitrogen and oxygen atoms in total. The fourth-order valence-corrected chi connectivity index (χ4v) is 1.76. The number of nitrogens with zero attached hydrogens (tertiary/aromatic N) is 2. The first kappa shape index (κ1) is 13.3. The summed E-state index contributed by atoms with van der Waals surface area (Å²) in [5.41, 5.74) is 1.12. The van der Waals surface area contributed by atoms with Crippen LogP contribution in [0.15, 0.2) is 30.5 Å². The number of anilines is 1. The number of nitrogens with one attached hydrogen (secondary N) is 1. The number of hydrogen-bond donors (Lipinski definition) is 1. The largest absolute Gasteiger partial charge is 0.416 e. The number of rotatable bonds is 2. The van der Waals surface area contributed by atoms with Crippen molar-refractivity contribution in [3.63, 3.8) is 0 Å². The molecule has 100 valence electrons. The van der Waals surface area contributed by atoms with Gasteiger partial charge in [-0.1, -0.05) is 6.07 Å². The van der Waals surface area contributed by atoms with E-state index in [2.05, 4.69) is 15.3 Å². The van der Waals surface area contributed by atoms with Crippen LogP contribution in [0.25, 0.3) is 11.3 Å². The van der Waals surface area contributed by atoms with E-state index >= 15 is 0 Å². The van der Waals surface area contributed by atoms with Gasteiger partial charge in [0, 0.05) is 18.8 Å². The summed E-state index contributed by atoms with van der Waals surface area (Å²) < 4.78 is 37.8. The van der Waals surface area contributed by atoms with Crippen molar-refractivity contribution in [2.45, 2.75) is 13.1 Å². The molecule has 2 aromatic rings. The highest BCUT2D eigenvalue weighted by Crippen LogP contribution is 2.32. The van der Waals surface area contributed by atoms with Crippen LogP contribution in [0.2, 0.25) is 0 Å². The molecule has 1 aromatic carbocycles. The third-order valence-corrected chi connectivity index (χ3v) is 2.71. The van der Waals surface area contributed by atoms with Gasteiger partial charge in [0.15, 0.2) is 0 Å². The molecule has 2 rings (SSSR count). The molecular weight excluding hydrogens is 255 g/mol. The molecule has 0 fully saturated rings. The predicted octanol–water partition coefficient (Wildman–Crippen LogP) is 3.51. The first-order chi connectivity index (χ1) is 8.91. The Labute approximate surface area is 108 Å². The molecular formula is C13H12F3N3. The molecule has 0 unspecified atom stereocenters. The predicted molar refractivity (Wildman–Crippen MR) is 66.8 cm³/mol. The number of benzene rings is 1. The van der Waals surface area contributed by atoms with Crippen molar-refractivity contribution in [1.29, 1.82) is 0 Å². The quantitative estimate of drug-likeness (QED) is 0.904. The van der Waals surface area contributed by atoms with Crippen LogP contribution in [-0.4, -0.2) is 17.0 Å². The number of hydrogen-bond acceptors (Lipinski definition) is 3. The van der Waals surface area contributed by atoms with Gasteiger partial charge in [0.2, 0.25) is 5.95 Å². The van der Waals surface area contributed by atoms with Gasteiger partial charge in [-0.2, -0.15) is 13.2 Å². The number of aromatic nitrogens is 2. The van der Waals surface area contributed by atoms with Gasteiger partial charge in [0.25, 0.3) is 0 Å². The third-order valence-electron chi connectivity index (χ3n) is 2.71. The summed E-state index contributed by atoms with van der Waals surface area (Å²) in [5.74, 6) is 0.428. The zero-order valence-electron chi connectivity index (χ0n) is 10.4. The van der Waals surface area contributed by atoms with Gasteiger partial charge < -0.3 is 5.32 Å². The molecule has 1 aromatic heterocycles. The van der Waals surface area contributed by atoms with E-state index in [1.807, 2.05) is 0 Å². The summed E-state index contributed by atoms with van der Waals surface area (Å²) in [6.07, 6.45) is -2.77. The lowest BCUT2D eigenvalue weighted by Crippen LogP contribution is -2.05. The molecule has 0 saturated heterocycles. The van der Waals surface area contributed by atoms with Crippen LogP contribution < -0.4 is 5.32 Å². The normalized spacial score (nSPS) is 11.4. The number of aryl methyl sites for hydroxylation is 1. The maximum Gasteiger partial charge on any atom is 0.416 e. The van der Waals surface area contributed by atoms with Crippen LogP contribution in [0.3, 0.4) is 0 Å². The van der Waals surface area contributed by atoms with E-state index in [4.69, 9.17) is 0 Å². The Morgan fingerprint density at radius 2 is 1.89 bits per heavy atom. The standard InChI is InChI=1S/C13H12F3N3/c1-8-7-9(13(14,15)16)3-4-10(8)11-5-6-18-12(17-2)19-11/h3-7H,1-2H3,(H,17,18,19). The molecule has 0 radical (unpaired) electrons. The summed E-state index contributed by atoms with van der Waals surface area (Å²) in [6, 6.07) is 5.27. The molecule has 0 saturated carbocycles. The van der Waals surface area contributed by atoms with Gasteiger partial charge in [-0.05, 0) is 30.7 Å². The number of halogens is 3. The van der Waals surface area contributed by atoms with Gasteiger partial charge in [0.1, 0.15) is 0 Å². The molecule has 6 heteroatoms. The smallest absolute Gasteiger partial charge is 0.357 e. The maximum absolute atomic E-state index is 12.6. The Bertz CT molecular complexity index is 594. The summed E-state index contributed by atoms with van der Waals surface area (Å²) in [5, 5.41) is 2.79. The summed E-state index contributed by atoms with van der Waals surface area (Å²) in [6.45, 7) is 1.63. The van der Waals surface area contributed by atoms with Crippen LogP contribution in [0, 0.1) is 6.92 Å². The molecule has 0 aliphatic rings. The second-order valence-electron chi connectivity index (χ2n) is 4.04. The minimum absolute atomic E-state index is 0.428. The lowest BCUT2D eigenvalue weighted by Gasteiger charge is -2.11. The van der Waals surface area contributed by atoms with Gasteiger partial charge in [0.05, 0.1) is 11.3 Å². The lowest BCUT2D eigenvalue weighted by molar-refractivity contribution is -0.137. The Hall–Kier alpha value is -2.11. The fraction of sp³-hybridized carbons (Fsp3) is 0.231. The van der Waals surface area contributed by atoms with Crippen LogP contribution >= 0.6 is 0 Å². The molecule has 0 bridgehead atoms. The van der Waals surface area contributed by atoms with Gasteiger partial charge in [-0.3, -0.25) is 0 Å². The topological polar surface area (TPSA) is 37.8 Å². The van der Waals surface area contributed by atoms with Gasteiger partial charge >= 0.3 is 6.18 Å². The zero-order chi connectivity index (χ0) is 14.0. The van der Waals surface area contributed by atoms with Crippen LogP contribution in [0.5, 0.6) is 0 Å². The average Bonchev–Trinajstić information content (AvgIpc) is 2.37. The second-order valence-corrected chi connectivity index (χ2v) is 4.04. The van der Waals surface area contributed by atoms with Crippen molar-refractivity contribution in [2.24, 2.45) is 0 Å². The van der Waals surface area contributed by atoms with Crippen LogP contribution in [0.4, 0.5) is 19.1 Å². The Balaban J connectivity index is 2.46. The Kier molecular flexibility index (Phi) is 3.42. The van der Waals surface area contributed by atoms with Crippen LogP contribution in [-0.2, 0) is 6.18 Å². The SMILES string of the molecule is CNc1nccc(-c2ccc(C(F)(F)F)cc2C)n1. The lowest BCUT2D eigenvalue weighted by atomic mass is 10.0. The van der Waals surface area contributed by atoms with E-state index in [0.29, 0.717) is 22.8 Å². The van der Waals surface area contributed by atoms with E-state index in [1.54, 1.807) is 26.2 Å². The summed E-state index contributed by atoms with van der Waals surface area (Å²) in [4.78, 5) is 8.18. The highest BCUT2D eigenvalue weighted by Gasteiger charge is 2.30. The fourth-order valence-electron chi connectivity index (χ4n) is 1.76. The number of alkyl halides is 3. The molecule has 19 heavy (non-hydrogen) atoms. The van der Waals surface area contributed by atoms with Crippen LogP contribution in [0.1, 0.15) is 11.1 Å². The van der Waals surface area contributed by atoms with Crippen molar-refractivity contribution in [1.82, 2.24) is 9.97 Å². The van der Waals surface area contributed by atoms with E-state index in [0.717, 1.165) is 12.1 Å². The molecule has 1 heterocycles. The first-order valence-electron chi connectivity index (χ1n) is 5.61. The highest BCUT2D eigenvalue weighted by atomic mass is 19.4. The average molecular weight is 267 g/mol. The van der Waals surface area contributed by atoms with Gasteiger partial charge in [-0.15, -0.1) is 0 Å². The Morgan fingerprint density at radius 3 is 2.47 bits per heavy atom. The maximum atomic E-state index is 12.6. The van der Waals surface area contributed by atoms with Crippen molar-refractivity contribution in [3.8, 4) is 11.3 Å². The molecule has 0 aliphatic carbocycles. The van der Waals surface area contributed by atoms with Crippen molar-refractivity contribution < 1.29 is 13.2 Å². The molecule has 0 spiro atoms. The van der Waals surface area contributed by atoms with E-state index in [-0.39, 0.29) is 0 Å². The van der Waals surface area contributed by atoms with Crippen molar-refractivity contribution in [2.75, 3.05) is 12.4 Å². The summed E-state index contributed by atoms with van der Waals surface area (Å²) in [7, 11) is 1.68. The zero-order valence-corrected chi connectivity index (χ0v) is 10.4. The Morgan fingerprint density at radius 1 is 1.16 bits per heavy atom.